The number of carbonyl (C=O) groups excluding carboxylic acids is 2. The molecule has 2 aliphatic heterocycles. The summed E-state index contributed by atoms with van der Waals surface area (Å²) in [6.07, 6.45) is -5.63. The summed E-state index contributed by atoms with van der Waals surface area (Å²) in [6.45, 7) is 4.22. The molecular formula is C28H34F3N3O6. The van der Waals surface area contributed by atoms with E-state index in [4.69, 9.17) is 18.9 Å². The van der Waals surface area contributed by atoms with Crippen LogP contribution in [0.1, 0.15) is 41.0 Å². The standard InChI is InChI=1S/C28H34F3N3O6/c1-17-13-34(10-9-28(29,30)31)18(2)15-38-22-8-6-20(12-21(22)27(36)33(3)14-25(17)37-4)32-26(35)19-5-7-23-24(11-19)40-16-39-23/h5-8,11-12,17-18,25H,9-10,13-16H2,1-4H3,(H,32,35)/t17-,18-,25+/m0/s1. The number of amides is 2. The Morgan fingerprint density at radius 2 is 1.77 bits per heavy atom. The number of benzene rings is 2. The Morgan fingerprint density at radius 1 is 1.05 bits per heavy atom. The van der Waals surface area contributed by atoms with Gasteiger partial charge in [-0.3, -0.25) is 14.5 Å². The lowest BCUT2D eigenvalue weighted by Crippen LogP contribution is -2.47. The first-order valence-corrected chi connectivity index (χ1v) is 13.0. The molecule has 0 radical (unpaired) electrons. The van der Waals surface area contributed by atoms with Gasteiger partial charge in [-0.05, 0) is 49.2 Å². The van der Waals surface area contributed by atoms with Crippen molar-refractivity contribution in [3.8, 4) is 17.2 Å². The van der Waals surface area contributed by atoms with E-state index >= 15 is 0 Å². The predicted octanol–water partition coefficient (Wildman–Crippen LogP) is 4.43. The van der Waals surface area contributed by atoms with Crippen molar-refractivity contribution >= 4 is 17.5 Å². The molecular weight excluding hydrogens is 531 g/mol. The van der Waals surface area contributed by atoms with Gasteiger partial charge in [-0.2, -0.15) is 13.2 Å². The molecule has 218 valence electrons. The van der Waals surface area contributed by atoms with Crippen LogP contribution in [-0.2, 0) is 4.74 Å². The monoisotopic (exact) mass is 565 g/mol. The highest BCUT2D eigenvalue weighted by molar-refractivity contribution is 6.06. The highest BCUT2D eigenvalue weighted by atomic mass is 19.4. The number of fused-ring (bicyclic) bond motifs is 2. The second kappa shape index (κ2) is 12.3. The van der Waals surface area contributed by atoms with Crippen molar-refractivity contribution in [1.82, 2.24) is 9.80 Å². The molecule has 0 unspecified atom stereocenters. The smallest absolute Gasteiger partial charge is 0.390 e. The van der Waals surface area contributed by atoms with Crippen LogP contribution in [0.5, 0.6) is 17.2 Å². The van der Waals surface area contributed by atoms with Gasteiger partial charge < -0.3 is 29.2 Å². The maximum absolute atomic E-state index is 13.5. The van der Waals surface area contributed by atoms with E-state index in [0.717, 1.165) is 0 Å². The third-order valence-electron chi connectivity index (χ3n) is 7.15. The number of ether oxygens (including phenoxy) is 4. The largest absolute Gasteiger partial charge is 0.491 e. The topological polar surface area (TPSA) is 89.6 Å². The molecule has 0 saturated carbocycles. The number of nitrogens with zero attached hydrogens (tertiary/aromatic N) is 2. The van der Waals surface area contributed by atoms with Gasteiger partial charge in [-0.1, -0.05) is 6.92 Å². The van der Waals surface area contributed by atoms with Gasteiger partial charge in [0.15, 0.2) is 11.5 Å². The van der Waals surface area contributed by atoms with Gasteiger partial charge in [0.05, 0.1) is 18.1 Å². The van der Waals surface area contributed by atoms with Crippen LogP contribution in [0.25, 0.3) is 0 Å². The Balaban J connectivity index is 1.59. The van der Waals surface area contributed by atoms with Gasteiger partial charge in [0.25, 0.3) is 11.8 Å². The Hall–Kier alpha value is -3.51. The Morgan fingerprint density at radius 3 is 2.50 bits per heavy atom. The van der Waals surface area contributed by atoms with E-state index < -0.39 is 24.6 Å². The zero-order chi connectivity index (χ0) is 29.0. The molecule has 1 N–H and O–H groups in total. The third-order valence-corrected chi connectivity index (χ3v) is 7.15. The van der Waals surface area contributed by atoms with Crippen LogP contribution >= 0.6 is 0 Å². The van der Waals surface area contributed by atoms with Crippen molar-refractivity contribution in [2.45, 2.75) is 38.6 Å². The highest BCUT2D eigenvalue weighted by Gasteiger charge is 2.32. The molecule has 0 saturated heterocycles. The van der Waals surface area contributed by atoms with Gasteiger partial charge in [0.1, 0.15) is 12.4 Å². The number of likely N-dealkylation sites (N-methyl/N-ethyl adjacent to an activating group) is 1. The van der Waals surface area contributed by atoms with Crippen LogP contribution in [0.2, 0.25) is 0 Å². The Bertz CT molecular complexity index is 1220. The fraction of sp³-hybridized carbons (Fsp3) is 0.500. The van der Waals surface area contributed by atoms with Crippen LogP contribution in [-0.4, -0.2) is 87.1 Å². The normalized spacial score (nSPS) is 22.1. The third kappa shape index (κ3) is 7.16. The van der Waals surface area contributed by atoms with Crippen LogP contribution in [0.4, 0.5) is 18.9 Å². The lowest BCUT2D eigenvalue weighted by atomic mass is 10.0. The average molecular weight is 566 g/mol. The van der Waals surface area contributed by atoms with E-state index in [1.54, 1.807) is 49.2 Å². The summed E-state index contributed by atoms with van der Waals surface area (Å²) in [5, 5.41) is 2.79. The minimum atomic E-state index is -4.28. The number of halogens is 3. The molecule has 2 heterocycles. The van der Waals surface area contributed by atoms with Gasteiger partial charge in [-0.25, -0.2) is 0 Å². The van der Waals surface area contributed by atoms with Gasteiger partial charge in [-0.15, -0.1) is 0 Å². The zero-order valence-electron chi connectivity index (χ0n) is 22.9. The Kier molecular flexibility index (Phi) is 9.09. The molecule has 2 aromatic carbocycles. The summed E-state index contributed by atoms with van der Waals surface area (Å²) < 4.78 is 61.4. The summed E-state index contributed by atoms with van der Waals surface area (Å²) in [4.78, 5) is 29.7. The lowest BCUT2D eigenvalue weighted by molar-refractivity contribution is -0.140. The molecule has 12 heteroatoms. The molecule has 4 rings (SSSR count). The van der Waals surface area contributed by atoms with Crippen LogP contribution < -0.4 is 19.5 Å². The van der Waals surface area contributed by atoms with Gasteiger partial charge in [0.2, 0.25) is 6.79 Å². The van der Waals surface area contributed by atoms with Gasteiger partial charge >= 0.3 is 6.18 Å². The number of nitrogens with one attached hydrogen (secondary N) is 1. The predicted molar refractivity (Wildman–Crippen MR) is 141 cm³/mol. The lowest BCUT2D eigenvalue weighted by Gasteiger charge is -2.36. The number of alkyl halides is 3. The highest BCUT2D eigenvalue weighted by Crippen LogP contribution is 2.33. The quantitative estimate of drug-likeness (QED) is 0.574. The maximum Gasteiger partial charge on any atom is 0.390 e. The van der Waals surface area contributed by atoms with Crippen molar-refractivity contribution in [2.75, 3.05) is 52.5 Å². The SMILES string of the molecule is CO[C@@H]1CN(C)C(=O)c2cc(NC(=O)c3ccc4c(c3)OCO4)ccc2OC[C@H](C)N(CCC(F)(F)F)C[C@@H]1C. The summed E-state index contributed by atoms with van der Waals surface area (Å²) in [6, 6.07) is 9.17. The summed E-state index contributed by atoms with van der Waals surface area (Å²) in [7, 11) is 3.15. The molecule has 3 atom stereocenters. The zero-order valence-corrected chi connectivity index (χ0v) is 22.9. The molecule has 40 heavy (non-hydrogen) atoms. The van der Waals surface area contributed by atoms with Crippen molar-refractivity contribution in [3.05, 3.63) is 47.5 Å². The van der Waals surface area contributed by atoms with E-state index in [-0.39, 0.29) is 55.7 Å². The number of hydrogen-bond donors (Lipinski definition) is 1. The Labute approximate surface area is 231 Å². The molecule has 0 bridgehead atoms. The van der Waals surface area contributed by atoms with E-state index in [9.17, 15) is 22.8 Å². The van der Waals surface area contributed by atoms with Crippen molar-refractivity contribution in [2.24, 2.45) is 5.92 Å². The number of methoxy groups -OCH3 is 1. The van der Waals surface area contributed by atoms with Crippen molar-refractivity contribution in [1.29, 1.82) is 0 Å². The number of rotatable bonds is 5. The molecule has 2 aliphatic rings. The summed E-state index contributed by atoms with van der Waals surface area (Å²) >= 11 is 0. The van der Waals surface area contributed by atoms with Crippen LogP contribution in [0.3, 0.4) is 0 Å². The molecule has 0 aliphatic carbocycles. The molecule has 0 fully saturated rings. The molecule has 0 spiro atoms. The fourth-order valence-electron chi connectivity index (χ4n) is 4.75. The second-order valence-corrected chi connectivity index (χ2v) is 10.2. The maximum atomic E-state index is 13.5. The number of anilines is 1. The minimum Gasteiger partial charge on any atom is -0.491 e. The van der Waals surface area contributed by atoms with E-state index in [1.807, 2.05) is 6.92 Å². The fourth-order valence-corrected chi connectivity index (χ4v) is 4.75. The first kappa shape index (κ1) is 29.5. The number of hydrogen-bond acceptors (Lipinski definition) is 7. The summed E-state index contributed by atoms with van der Waals surface area (Å²) in [5.41, 5.74) is 0.930. The van der Waals surface area contributed by atoms with Crippen molar-refractivity contribution < 1.29 is 41.7 Å². The molecule has 2 aromatic rings. The molecule has 2 amide bonds. The average Bonchev–Trinajstić information content (AvgIpc) is 3.39. The molecule has 0 aromatic heterocycles. The summed E-state index contributed by atoms with van der Waals surface area (Å²) in [5.74, 6) is 0.374. The minimum absolute atomic E-state index is 0.0646. The van der Waals surface area contributed by atoms with Crippen molar-refractivity contribution in [3.63, 3.8) is 0 Å². The van der Waals surface area contributed by atoms with E-state index in [1.165, 1.54) is 18.1 Å². The van der Waals surface area contributed by atoms with E-state index in [0.29, 0.717) is 29.3 Å². The van der Waals surface area contributed by atoms with Crippen LogP contribution in [0, 0.1) is 5.92 Å². The molecule has 9 nitrogen and oxygen atoms in total. The first-order chi connectivity index (χ1) is 18.9. The van der Waals surface area contributed by atoms with Crippen LogP contribution in [0.15, 0.2) is 36.4 Å². The number of carbonyl (C=O) groups is 2. The van der Waals surface area contributed by atoms with Gasteiger partial charge in [0, 0.05) is 51.1 Å². The first-order valence-electron chi connectivity index (χ1n) is 13.0. The van der Waals surface area contributed by atoms with E-state index in [2.05, 4.69) is 5.32 Å². The second-order valence-electron chi connectivity index (χ2n) is 10.2.